The largest absolute Gasteiger partial charge is 0.463 e. The zero-order valence-corrected chi connectivity index (χ0v) is 34.2. The van der Waals surface area contributed by atoms with Gasteiger partial charge in [-0.05, 0) is 50.7 Å². The molecule has 0 spiro atoms. The molecule has 5 atom stereocenters. The van der Waals surface area contributed by atoms with E-state index in [0.717, 1.165) is 39.3 Å². The maximum atomic E-state index is 12.7. The van der Waals surface area contributed by atoms with E-state index >= 15 is 0 Å². The van der Waals surface area contributed by atoms with Crippen molar-refractivity contribution in [3.63, 3.8) is 0 Å². The van der Waals surface area contributed by atoms with Crippen molar-refractivity contribution < 1.29 is 61.9 Å². The lowest BCUT2D eigenvalue weighted by atomic mass is 9.90. The Balaban J connectivity index is 0.846. The number of nitrogens with one attached hydrogen (secondary N) is 3. The topological polar surface area (TPSA) is 199 Å². The Morgan fingerprint density at radius 2 is 1.35 bits per heavy atom. The summed E-state index contributed by atoms with van der Waals surface area (Å²) in [5.41, 5.74) is 8.37. The second-order valence-corrected chi connectivity index (χ2v) is 14.4. The first-order valence-electron chi connectivity index (χ1n) is 20.0. The van der Waals surface area contributed by atoms with Gasteiger partial charge in [0.15, 0.2) is 24.6 Å². The highest BCUT2D eigenvalue weighted by molar-refractivity contribution is 6.23. The van der Waals surface area contributed by atoms with Crippen molar-refractivity contribution in [2.75, 3.05) is 52.7 Å². The predicted octanol–water partition coefficient (Wildman–Crippen LogP) is 3.32. The van der Waals surface area contributed by atoms with E-state index in [1.54, 1.807) is 11.3 Å². The third-order valence-electron chi connectivity index (χ3n) is 9.91. The van der Waals surface area contributed by atoms with E-state index in [4.69, 9.17) is 37.9 Å². The zero-order valence-electron chi connectivity index (χ0n) is 34.2. The van der Waals surface area contributed by atoms with Gasteiger partial charge in [0.2, 0.25) is 5.91 Å². The lowest BCUT2D eigenvalue weighted by Crippen LogP contribution is -2.63. The Labute approximate surface area is 347 Å². The molecular formula is C43H52N4O13. The van der Waals surface area contributed by atoms with Gasteiger partial charge in [-0.1, -0.05) is 54.6 Å². The highest BCUT2D eigenvalue weighted by atomic mass is 16.7. The van der Waals surface area contributed by atoms with Crippen LogP contribution in [-0.2, 0) is 68.3 Å². The van der Waals surface area contributed by atoms with Gasteiger partial charge in [-0.15, -0.1) is 5.12 Å². The second kappa shape index (κ2) is 21.1. The summed E-state index contributed by atoms with van der Waals surface area (Å²) in [6.45, 7) is 6.12. The number of hydrogen-bond acceptors (Lipinski definition) is 16. The summed E-state index contributed by atoms with van der Waals surface area (Å²) in [7, 11) is 0. The van der Waals surface area contributed by atoms with E-state index in [-0.39, 0.29) is 38.9 Å². The number of esters is 4. The highest BCUT2D eigenvalue weighted by Crippen LogP contribution is 2.36. The molecule has 1 saturated heterocycles. The summed E-state index contributed by atoms with van der Waals surface area (Å²) >= 11 is 0. The quantitative estimate of drug-likeness (QED) is 0.0478. The molecule has 0 saturated carbocycles. The SMILES string of the molecule is CC(=O)OC[C@H]1O[C@@H](OCCOCCOCCN2NC=C(CNC(=O)CCCc3ccc4ccc5cccc6ccc3c4c56)N2)[C@H](OC(C)=O)[C@@H](OC(C)=O)[C@H]1OC(C)=O. The lowest BCUT2D eigenvalue weighted by Gasteiger charge is -2.44. The Morgan fingerprint density at radius 3 is 2.07 bits per heavy atom. The predicted molar refractivity (Wildman–Crippen MR) is 217 cm³/mol. The molecule has 0 aliphatic carbocycles. The standard InChI is InChI=1S/C43H52N4O13/c1-26(48)56-25-36-40(57-27(2)49)41(58-28(3)50)42(59-29(4)51)43(60-36)55-22-21-54-20-19-53-18-17-47-45-24-34(46-47)23-44-37(52)10-6-7-30-11-12-33-14-13-31-8-5-9-32-15-16-35(30)39(33)38(31)32/h5,8-9,11-16,24,36,40-43,45-46H,6-7,10,17-23,25H2,1-4H3,(H,44,52)/t36-,40+,41+,42-,43-/m1/s1. The van der Waals surface area contributed by atoms with Gasteiger partial charge >= 0.3 is 23.9 Å². The summed E-state index contributed by atoms with van der Waals surface area (Å²) in [5, 5.41) is 12.3. The number of benzene rings is 4. The fraction of sp³-hybridized carbons (Fsp3) is 0.465. The van der Waals surface area contributed by atoms with E-state index in [9.17, 15) is 24.0 Å². The van der Waals surface area contributed by atoms with Crippen molar-refractivity contribution in [3.8, 4) is 0 Å². The number of hydrogen-bond donors (Lipinski definition) is 3. The number of amides is 1. The van der Waals surface area contributed by atoms with Gasteiger partial charge in [-0.3, -0.25) is 24.0 Å². The summed E-state index contributed by atoms with van der Waals surface area (Å²) < 4.78 is 44.3. The van der Waals surface area contributed by atoms with Crippen LogP contribution in [0.3, 0.4) is 0 Å². The molecule has 1 amide bonds. The van der Waals surface area contributed by atoms with E-state index in [2.05, 4.69) is 70.8 Å². The van der Waals surface area contributed by atoms with Gasteiger partial charge in [0, 0.05) is 40.3 Å². The molecule has 4 aromatic rings. The van der Waals surface area contributed by atoms with Gasteiger partial charge < -0.3 is 54.1 Å². The van der Waals surface area contributed by atoms with Crippen LogP contribution in [0.5, 0.6) is 0 Å². The minimum absolute atomic E-state index is 0.0133. The minimum Gasteiger partial charge on any atom is -0.463 e. The highest BCUT2D eigenvalue weighted by Gasteiger charge is 2.52. The molecule has 2 aliphatic rings. The summed E-state index contributed by atoms with van der Waals surface area (Å²) in [6, 6.07) is 19.5. The molecule has 17 nitrogen and oxygen atoms in total. The van der Waals surface area contributed by atoms with Gasteiger partial charge in [0.05, 0.1) is 51.8 Å². The van der Waals surface area contributed by atoms with Crippen molar-refractivity contribution in [2.24, 2.45) is 0 Å². The van der Waals surface area contributed by atoms with Gasteiger partial charge in [0.25, 0.3) is 0 Å². The van der Waals surface area contributed by atoms with E-state index < -0.39 is 54.6 Å². The van der Waals surface area contributed by atoms with Crippen LogP contribution < -0.4 is 16.2 Å². The Hall–Kier alpha value is -5.59. The van der Waals surface area contributed by atoms with Crippen LogP contribution in [0.4, 0.5) is 0 Å². The molecule has 0 bridgehead atoms. The fourth-order valence-electron chi connectivity index (χ4n) is 7.36. The third kappa shape index (κ3) is 11.8. The van der Waals surface area contributed by atoms with Crippen LogP contribution in [-0.4, -0.2) is 118 Å². The average molecular weight is 833 g/mol. The van der Waals surface area contributed by atoms with Gasteiger partial charge in [-0.2, -0.15) is 0 Å². The molecule has 2 aliphatic heterocycles. The minimum atomic E-state index is -1.32. The third-order valence-corrected chi connectivity index (χ3v) is 9.91. The second-order valence-electron chi connectivity index (χ2n) is 14.4. The molecular weight excluding hydrogens is 780 g/mol. The molecule has 322 valence electrons. The van der Waals surface area contributed by atoms with Crippen LogP contribution in [0, 0.1) is 0 Å². The van der Waals surface area contributed by atoms with Crippen molar-refractivity contribution in [3.05, 3.63) is 72.1 Å². The number of carbonyl (C=O) groups is 5. The lowest BCUT2D eigenvalue weighted by molar-refractivity contribution is -0.309. The van der Waals surface area contributed by atoms with Crippen LogP contribution >= 0.6 is 0 Å². The molecule has 6 rings (SSSR count). The molecule has 2 heterocycles. The smallest absolute Gasteiger partial charge is 0.303 e. The first-order valence-corrected chi connectivity index (χ1v) is 20.0. The van der Waals surface area contributed by atoms with Crippen LogP contribution in [0.15, 0.2) is 66.5 Å². The number of carbonyl (C=O) groups excluding carboxylic acids is 5. The fourth-order valence-corrected chi connectivity index (χ4v) is 7.36. The van der Waals surface area contributed by atoms with Crippen LogP contribution in [0.1, 0.15) is 46.1 Å². The Bertz CT molecular complexity index is 2150. The number of rotatable bonds is 21. The molecule has 4 aromatic carbocycles. The number of nitrogens with zero attached hydrogens (tertiary/aromatic N) is 1. The van der Waals surface area contributed by atoms with E-state index in [1.165, 1.54) is 44.8 Å². The van der Waals surface area contributed by atoms with Gasteiger partial charge in [0.1, 0.15) is 12.7 Å². The molecule has 17 heteroatoms. The first-order chi connectivity index (χ1) is 29.0. The van der Waals surface area contributed by atoms with Crippen LogP contribution in [0.25, 0.3) is 32.3 Å². The number of aryl methyl sites for hydroxylation is 1. The van der Waals surface area contributed by atoms with Gasteiger partial charge in [-0.25, -0.2) is 0 Å². The molecule has 3 N–H and O–H groups in total. The molecule has 0 aromatic heterocycles. The van der Waals surface area contributed by atoms with Crippen molar-refractivity contribution in [2.45, 2.75) is 77.7 Å². The monoisotopic (exact) mass is 832 g/mol. The Kier molecular flexibility index (Phi) is 15.5. The van der Waals surface area contributed by atoms with Crippen molar-refractivity contribution in [1.29, 1.82) is 0 Å². The molecule has 0 unspecified atom stereocenters. The molecule has 60 heavy (non-hydrogen) atoms. The first kappa shape index (κ1) is 44.0. The zero-order chi connectivity index (χ0) is 42.6. The normalized spacial score (nSPS) is 20.3. The maximum absolute atomic E-state index is 12.7. The van der Waals surface area contributed by atoms with E-state index in [1.807, 2.05) is 0 Å². The molecule has 0 radical (unpaired) electrons. The summed E-state index contributed by atoms with van der Waals surface area (Å²) in [5.74, 6) is -2.81. The maximum Gasteiger partial charge on any atom is 0.303 e. The van der Waals surface area contributed by atoms with E-state index in [0.29, 0.717) is 26.1 Å². The summed E-state index contributed by atoms with van der Waals surface area (Å²) in [4.78, 5) is 60.1. The number of hydrazine groups is 2. The summed E-state index contributed by atoms with van der Waals surface area (Å²) in [6.07, 6.45) is -2.52. The van der Waals surface area contributed by atoms with Crippen molar-refractivity contribution in [1.82, 2.24) is 21.3 Å². The average Bonchev–Trinajstić information content (AvgIpc) is 3.67. The number of ether oxygens (including phenoxy) is 8. The molecule has 1 fully saturated rings. The Morgan fingerprint density at radius 1 is 0.717 bits per heavy atom. The van der Waals surface area contributed by atoms with Crippen molar-refractivity contribution >= 4 is 62.1 Å². The van der Waals surface area contributed by atoms with Crippen LogP contribution in [0.2, 0.25) is 0 Å².